The first-order valence-corrected chi connectivity index (χ1v) is 13.9. The number of halogens is 1. The molecule has 2 aliphatic rings. The number of benzene rings is 2. The molecule has 0 saturated carbocycles. The maximum Gasteiger partial charge on any atom is 0.278 e. The van der Waals surface area contributed by atoms with Crippen LogP contribution in [0.2, 0.25) is 0 Å². The van der Waals surface area contributed by atoms with Crippen LogP contribution in [0, 0.1) is 12.7 Å². The molecule has 10 nitrogen and oxygen atoms in total. The number of likely N-dealkylation sites (N-methyl/N-ethyl adjacent to an activating group) is 1. The first-order valence-electron chi connectivity index (χ1n) is 13.9. The van der Waals surface area contributed by atoms with Crippen LogP contribution in [0.4, 0.5) is 38.8 Å². The molecule has 0 bridgehead atoms. The topological polar surface area (TPSA) is 89.8 Å². The summed E-state index contributed by atoms with van der Waals surface area (Å²) in [6.07, 6.45) is 2.66. The molecule has 1 amide bonds. The van der Waals surface area contributed by atoms with Crippen molar-refractivity contribution in [1.82, 2.24) is 19.4 Å². The van der Waals surface area contributed by atoms with Crippen molar-refractivity contribution in [3.8, 4) is 0 Å². The molecule has 0 radical (unpaired) electrons. The van der Waals surface area contributed by atoms with Crippen LogP contribution < -0.4 is 25.6 Å². The third-order valence-electron chi connectivity index (χ3n) is 8.06. The highest BCUT2D eigenvalue weighted by molar-refractivity contribution is 6.05. The van der Waals surface area contributed by atoms with E-state index < -0.39 is 11.4 Å². The van der Waals surface area contributed by atoms with Crippen molar-refractivity contribution in [2.75, 3.05) is 66.3 Å². The molecule has 42 heavy (non-hydrogen) atoms. The summed E-state index contributed by atoms with van der Waals surface area (Å²) in [5, 5.41) is 3.30. The maximum absolute atomic E-state index is 16.2. The molecule has 1 N–H and O–H groups in total. The molecule has 11 heteroatoms. The zero-order valence-corrected chi connectivity index (χ0v) is 24.0. The summed E-state index contributed by atoms with van der Waals surface area (Å²) in [6.45, 7) is 10.0. The van der Waals surface area contributed by atoms with Crippen LogP contribution in [-0.4, -0.2) is 71.7 Å². The third-order valence-corrected chi connectivity index (χ3v) is 8.06. The number of amides is 1. The Balaban J connectivity index is 1.32. The fourth-order valence-electron chi connectivity index (χ4n) is 5.71. The van der Waals surface area contributed by atoms with Crippen molar-refractivity contribution >= 4 is 51.3 Å². The second-order valence-corrected chi connectivity index (χ2v) is 10.7. The number of fused-ring (bicyclic) bond motifs is 2. The second-order valence-electron chi connectivity index (χ2n) is 10.7. The van der Waals surface area contributed by atoms with E-state index in [2.05, 4.69) is 50.8 Å². The van der Waals surface area contributed by atoms with Crippen LogP contribution in [0.3, 0.4) is 0 Å². The Morgan fingerprint density at radius 2 is 1.74 bits per heavy atom. The number of hydrogen-bond donors (Lipinski definition) is 1. The highest BCUT2D eigenvalue weighted by atomic mass is 19.1. The van der Waals surface area contributed by atoms with Gasteiger partial charge in [-0.05, 0) is 55.9 Å². The molecule has 1 fully saturated rings. The Bertz CT molecular complexity index is 1750. The Morgan fingerprint density at radius 3 is 2.45 bits per heavy atom. The van der Waals surface area contributed by atoms with E-state index in [0.717, 1.165) is 43.1 Å². The highest BCUT2D eigenvalue weighted by Crippen LogP contribution is 2.40. The number of hydrogen-bond acceptors (Lipinski definition) is 8. The Hall–Kier alpha value is -4.77. The second kappa shape index (κ2) is 10.9. The third kappa shape index (κ3) is 4.75. The lowest BCUT2D eigenvalue weighted by Gasteiger charge is -2.38. The summed E-state index contributed by atoms with van der Waals surface area (Å²) in [5.74, 6) is -0.693. The first kappa shape index (κ1) is 27.4. The maximum atomic E-state index is 16.2. The van der Waals surface area contributed by atoms with Gasteiger partial charge in [-0.2, -0.15) is 4.98 Å². The van der Waals surface area contributed by atoms with Gasteiger partial charge in [-0.15, -0.1) is 0 Å². The SMILES string of the molecule is C=CC(=O)N1CCN(c2c(F)c3cnc(Nc4ccc(N5CCN(C)CC5)cc4)nc3n(C)c2=O)c2cccc(C)c21. The number of nitrogens with one attached hydrogen (secondary N) is 1. The van der Waals surface area contributed by atoms with Gasteiger partial charge in [0.2, 0.25) is 5.95 Å². The molecule has 0 spiro atoms. The van der Waals surface area contributed by atoms with Crippen molar-refractivity contribution in [3.63, 3.8) is 0 Å². The van der Waals surface area contributed by atoms with Gasteiger partial charge in [0.15, 0.2) is 11.5 Å². The molecular formula is C31H33FN8O2. The highest BCUT2D eigenvalue weighted by Gasteiger charge is 2.32. The van der Waals surface area contributed by atoms with Crippen LogP contribution in [0.25, 0.3) is 11.0 Å². The number of para-hydroxylation sites is 1. The number of rotatable bonds is 5. The number of carbonyl (C=O) groups excluding carboxylic acids is 1. The molecule has 2 aliphatic heterocycles. The summed E-state index contributed by atoms with van der Waals surface area (Å²) in [7, 11) is 3.70. The van der Waals surface area contributed by atoms with Crippen LogP contribution >= 0.6 is 0 Å². The van der Waals surface area contributed by atoms with Crippen molar-refractivity contribution in [1.29, 1.82) is 0 Å². The standard InChI is InChI=1S/C31H33FN8O2/c1-5-25(41)40-18-17-39(24-8-6-7-20(2)27(24)40)28-26(32)23-19-33-31(35-29(23)37(4)30(28)42)34-21-9-11-22(12-10-21)38-15-13-36(3)14-16-38/h5-12,19H,1,13-18H2,2-4H3,(H,33,34,35). The van der Waals surface area contributed by atoms with Crippen molar-refractivity contribution in [2.24, 2.45) is 7.05 Å². The fraction of sp³-hybridized carbons (Fsp3) is 0.290. The summed E-state index contributed by atoms with van der Waals surface area (Å²) >= 11 is 0. The van der Waals surface area contributed by atoms with E-state index in [9.17, 15) is 9.59 Å². The number of aromatic nitrogens is 3. The van der Waals surface area contributed by atoms with Gasteiger partial charge in [-0.25, -0.2) is 9.37 Å². The number of pyridine rings is 1. The molecule has 4 aromatic rings. The van der Waals surface area contributed by atoms with Crippen LogP contribution in [0.1, 0.15) is 5.56 Å². The monoisotopic (exact) mass is 568 g/mol. The van der Waals surface area contributed by atoms with Gasteiger partial charge in [0.1, 0.15) is 5.69 Å². The van der Waals surface area contributed by atoms with Gasteiger partial charge in [0.25, 0.3) is 11.5 Å². The minimum Gasteiger partial charge on any atom is -0.369 e. The van der Waals surface area contributed by atoms with Gasteiger partial charge >= 0.3 is 0 Å². The van der Waals surface area contributed by atoms with E-state index in [1.807, 2.05) is 31.2 Å². The lowest BCUT2D eigenvalue weighted by atomic mass is 10.1. The predicted molar refractivity (Wildman–Crippen MR) is 165 cm³/mol. The van der Waals surface area contributed by atoms with E-state index in [1.165, 1.54) is 16.8 Å². The normalized spacial score (nSPS) is 15.6. The zero-order chi connectivity index (χ0) is 29.5. The average Bonchev–Trinajstić information content (AvgIpc) is 3.00. The Labute approximate surface area is 243 Å². The van der Waals surface area contributed by atoms with Crippen LogP contribution in [-0.2, 0) is 11.8 Å². The number of carbonyl (C=O) groups is 1. The quantitative estimate of drug-likeness (QED) is 0.362. The van der Waals surface area contributed by atoms with Crippen molar-refractivity contribution < 1.29 is 9.18 Å². The van der Waals surface area contributed by atoms with Crippen LogP contribution in [0.5, 0.6) is 0 Å². The van der Waals surface area contributed by atoms with Gasteiger partial charge in [-0.1, -0.05) is 18.7 Å². The van der Waals surface area contributed by atoms with Crippen molar-refractivity contribution in [2.45, 2.75) is 6.92 Å². The van der Waals surface area contributed by atoms with Gasteiger partial charge in [-0.3, -0.25) is 14.2 Å². The Morgan fingerprint density at radius 1 is 1.00 bits per heavy atom. The van der Waals surface area contributed by atoms with E-state index >= 15 is 4.39 Å². The zero-order valence-electron chi connectivity index (χ0n) is 24.0. The van der Waals surface area contributed by atoms with E-state index in [4.69, 9.17) is 0 Å². The molecule has 2 aromatic heterocycles. The molecule has 216 valence electrons. The minimum atomic E-state index is -0.702. The van der Waals surface area contributed by atoms with E-state index in [-0.39, 0.29) is 41.7 Å². The molecule has 1 saturated heterocycles. The molecular weight excluding hydrogens is 535 g/mol. The van der Waals surface area contributed by atoms with Crippen LogP contribution in [0.15, 0.2) is 66.1 Å². The summed E-state index contributed by atoms with van der Waals surface area (Å²) in [4.78, 5) is 43.0. The smallest absolute Gasteiger partial charge is 0.278 e. The first-order chi connectivity index (χ1) is 20.3. The summed E-state index contributed by atoms with van der Waals surface area (Å²) < 4.78 is 17.5. The number of anilines is 6. The summed E-state index contributed by atoms with van der Waals surface area (Å²) in [6, 6.07) is 13.5. The van der Waals surface area contributed by atoms with E-state index in [1.54, 1.807) is 22.9 Å². The molecule has 2 aromatic carbocycles. The molecule has 0 unspecified atom stereocenters. The van der Waals surface area contributed by atoms with Gasteiger partial charge in [0.05, 0.1) is 16.8 Å². The lowest BCUT2D eigenvalue weighted by Crippen LogP contribution is -2.44. The number of aryl methyl sites for hydroxylation is 2. The minimum absolute atomic E-state index is 0.105. The average molecular weight is 569 g/mol. The molecule has 4 heterocycles. The van der Waals surface area contributed by atoms with Gasteiger partial charge in [0, 0.05) is 63.9 Å². The summed E-state index contributed by atoms with van der Waals surface area (Å²) in [5.41, 5.74) is 3.52. The Kier molecular flexibility index (Phi) is 7.11. The van der Waals surface area contributed by atoms with E-state index in [0.29, 0.717) is 11.4 Å². The number of nitrogens with zero attached hydrogens (tertiary/aromatic N) is 7. The molecule has 0 aliphatic carbocycles. The van der Waals surface area contributed by atoms with Gasteiger partial charge < -0.3 is 24.9 Å². The lowest BCUT2D eigenvalue weighted by molar-refractivity contribution is -0.114. The largest absolute Gasteiger partial charge is 0.369 e. The predicted octanol–water partition coefficient (Wildman–Crippen LogP) is 3.94. The molecule has 6 rings (SSSR count). The van der Waals surface area contributed by atoms with Crippen molar-refractivity contribution in [3.05, 3.63) is 83.1 Å². The number of piperazine rings is 1. The molecule has 0 atom stereocenters. The fourth-order valence-corrected chi connectivity index (χ4v) is 5.71.